The van der Waals surface area contributed by atoms with Gasteiger partial charge in [-0.3, -0.25) is 9.59 Å². The molecule has 2 rings (SSSR count). The molecule has 2 aromatic rings. The van der Waals surface area contributed by atoms with Crippen LogP contribution in [0, 0.1) is 0 Å². The molecule has 4 heteroatoms. The molecule has 0 heterocycles. The Kier molecular flexibility index (Phi) is 8.41. The SMILES string of the molecule is C=CCCC(=O)NC(C)C(OC(=O)CCC=C)(c1ccccc1)c1ccccc1. The van der Waals surface area contributed by atoms with Gasteiger partial charge >= 0.3 is 5.97 Å². The van der Waals surface area contributed by atoms with Crippen molar-refractivity contribution >= 4 is 11.9 Å². The quantitative estimate of drug-likeness (QED) is 0.437. The van der Waals surface area contributed by atoms with Crippen LogP contribution < -0.4 is 5.32 Å². The Morgan fingerprint density at radius 1 is 0.931 bits per heavy atom. The normalized spacial score (nSPS) is 11.9. The summed E-state index contributed by atoms with van der Waals surface area (Å²) in [4.78, 5) is 25.2. The summed E-state index contributed by atoms with van der Waals surface area (Å²) in [6.07, 6.45) is 5.07. The molecule has 2 aromatic carbocycles. The van der Waals surface area contributed by atoms with Gasteiger partial charge in [0.05, 0.1) is 6.04 Å². The number of rotatable bonds is 11. The Hall–Kier alpha value is -3.14. The molecule has 1 atom stereocenters. The zero-order valence-corrected chi connectivity index (χ0v) is 17.0. The first-order chi connectivity index (χ1) is 14.0. The van der Waals surface area contributed by atoms with Crippen molar-refractivity contribution in [2.75, 3.05) is 0 Å². The summed E-state index contributed by atoms with van der Waals surface area (Å²) >= 11 is 0. The third-order valence-electron chi connectivity index (χ3n) is 4.80. The molecule has 0 saturated heterocycles. The maximum absolute atomic E-state index is 12.7. The van der Waals surface area contributed by atoms with E-state index in [1.807, 2.05) is 67.6 Å². The fourth-order valence-corrected chi connectivity index (χ4v) is 3.34. The van der Waals surface area contributed by atoms with Crippen LogP contribution in [0.1, 0.15) is 43.7 Å². The summed E-state index contributed by atoms with van der Waals surface area (Å²) in [5, 5.41) is 3.03. The average Bonchev–Trinajstić information content (AvgIpc) is 2.75. The minimum Gasteiger partial charge on any atom is -0.447 e. The Bertz CT molecular complexity index is 775. The van der Waals surface area contributed by atoms with Gasteiger partial charge in [0.2, 0.25) is 5.91 Å². The Morgan fingerprint density at radius 2 is 1.41 bits per heavy atom. The summed E-state index contributed by atoms with van der Waals surface area (Å²) < 4.78 is 6.16. The molecule has 1 N–H and O–H groups in total. The molecule has 4 nitrogen and oxygen atoms in total. The van der Waals surface area contributed by atoms with Crippen LogP contribution in [0.25, 0.3) is 0 Å². The van der Waals surface area contributed by atoms with E-state index in [1.54, 1.807) is 12.2 Å². The van der Waals surface area contributed by atoms with Gasteiger partial charge in [0, 0.05) is 24.0 Å². The highest BCUT2D eigenvalue weighted by atomic mass is 16.6. The second-order valence-corrected chi connectivity index (χ2v) is 6.89. The van der Waals surface area contributed by atoms with Crippen LogP contribution in [-0.2, 0) is 19.9 Å². The number of hydrogen-bond donors (Lipinski definition) is 1. The van der Waals surface area contributed by atoms with Crippen LogP contribution in [0.15, 0.2) is 86.0 Å². The second kappa shape index (κ2) is 11.0. The van der Waals surface area contributed by atoms with E-state index in [-0.39, 0.29) is 18.3 Å². The maximum atomic E-state index is 12.7. The van der Waals surface area contributed by atoms with Crippen LogP contribution in [0.5, 0.6) is 0 Å². The number of nitrogens with one attached hydrogen (secondary N) is 1. The molecule has 0 aliphatic carbocycles. The van der Waals surface area contributed by atoms with Crippen LogP contribution in [0.4, 0.5) is 0 Å². The van der Waals surface area contributed by atoms with Crippen molar-refractivity contribution in [1.29, 1.82) is 0 Å². The van der Waals surface area contributed by atoms with Gasteiger partial charge < -0.3 is 10.1 Å². The second-order valence-electron chi connectivity index (χ2n) is 6.89. The molecule has 0 radical (unpaired) electrons. The molecule has 0 aliphatic heterocycles. The smallest absolute Gasteiger partial charge is 0.307 e. The van der Waals surface area contributed by atoms with Crippen molar-refractivity contribution in [1.82, 2.24) is 5.32 Å². The first-order valence-corrected chi connectivity index (χ1v) is 9.88. The Balaban J connectivity index is 2.53. The standard InChI is InChI=1S/C25H29NO3/c1-4-6-18-23(27)26-20(3)25(21-14-10-8-11-15-21,22-16-12-9-13-17-22)29-24(28)19-7-5-2/h4-5,8-17,20H,1-2,6-7,18-19H2,3H3,(H,26,27). The van der Waals surface area contributed by atoms with E-state index in [2.05, 4.69) is 18.5 Å². The lowest BCUT2D eigenvalue weighted by atomic mass is 9.80. The summed E-state index contributed by atoms with van der Waals surface area (Å²) in [6, 6.07) is 18.6. The average molecular weight is 392 g/mol. The predicted molar refractivity (Wildman–Crippen MR) is 116 cm³/mol. The van der Waals surface area contributed by atoms with Crippen molar-refractivity contribution in [3.8, 4) is 0 Å². The maximum Gasteiger partial charge on any atom is 0.307 e. The number of amides is 1. The lowest BCUT2D eigenvalue weighted by Gasteiger charge is -2.40. The molecule has 29 heavy (non-hydrogen) atoms. The van der Waals surface area contributed by atoms with E-state index >= 15 is 0 Å². The number of carbonyl (C=O) groups is 2. The van der Waals surface area contributed by atoms with Gasteiger partial charge in [-0.15, -0.1) is 13.2 Å². The van der Waals surface area contributed by atoms with E-state index < -0.39 is 11.6 Å². The van der Waals surface area contributed by atoms with Gasteiger partial charge in [0.1, 0.15) is 0 Å². The van der Waals surface area contributed by atoms with Gasteiger partial charge in [0.15, 0.2) is 5.60 Å². The highest BCUT2D eigenvalue weighted by Gasteiger charge is 2.44. The Labute approximate surface area is 173 Å². The van der Waals surface area contributed by atoms with Crippen molar-refractivity contribution < 1.29 is 14.3 Å². The summed E-state index contributed by atoms with van der Waals surface area (Å²) in [6.45, 7) is 9.21. The van der Waals surface area contributed by atoms with Gasteiger partial charge in [-0.2, -0.15) is 0 Å². The largest absolute Gasteiger partial charge is 0.447 e. The summed E-state index contributed by atoms with van der Waals surface area (Å²) in [7, 11) is 0. The summed E-state index contributed by atoms with van der Waals surface area (Å²) in [5.74, 6) is -0.458. The van der Waals surface area contributed by atoms with Crippen LogP contribution in [0.3, 0.4) is 0 Å². The lowest BCUT2D eigenvalue weighted by Crippen LogP contribution is -2.52. The molecule has 0 aromatic heterocycles. The third-order valence-corrected chi connectivity index (χ3v) is 4.80. The number of benzene rings is 2. The van der Waals surface area contributed by atoms with Crippen molar-refractivity contribution in [3.05, 3.63) is 97.1 Å². The van der Waals surface area contributed by atoms with Gasteiger partial charge in [-0.05, 0) is 19.8 Å². The predicted octanol–water partition coefficient (Wildman–Crippen LogP) is 4.91. The van der Waals surface area contributed by atoms with Crippen LogP contribution in [-0.4, -0.2) is 17.9 Å². The minimum absolute atomic E-state index is 0.115. The monoisotopic (exact) mass is 391 g/mol. The molecule has 1 amide bonds. The fraction of sp³-hybridized carbons (Fsp3) is 0.280. The molecule has 152 valence electrons. The molecular formula is C25H29NO3. The molecule has 1 unspecified atom stereocenters. The topological polar surface area (TPSA) is 55.4 Å². The first-order valence-electron chi connectivity index (χ1n) is 9.88. The van der Waals surface area contributed by atoms with Gasteiger partial charge in [-0.1, -0.05) is 72.8 Å². The highest BCUT2D eigenvalue weighted by molar-refractivity contribution is 5.77. The molecular weight excluding hydrogens is 362 g/mol. The van der Waals surface area contributed by atoms with E-state index in [0.717, 1.165) is 11.1 Å². The van der Waals surface area contributed by atoms with E-state index in [9.17, 15) is 9.59 Å². The Morgan fingerprint density at radius 3 is 1.90 bits per heavy atom. The lowest BCUT2D eigenvalue weighted by molar-refractivity contribution is -0.160. The van der Waals surface area contributed by atoms with E-state index in [4.69, 9.17) is 4.74 Å². The number of hydrogen-bond acceptors (Lipinski definition) is 3. The fourth-order valence-electron chi connectivity index (χ4n) is 3.34. The third kappa shape index (κ3) is 5.67. The number of esters is 1. The van der Waals surface area contributed by atoms with Crippen LogP contribution in [0.2, 0.25) is 0 Å². The van der Waals surface area contributed by atoms with Gasteiger partial charge in [-0.25, -0.2) is 0 Å². The zero-order chi connectivity index (χ0) is 21.1. The zero-order valence-electron chi connectivity index (χ0n) is 17.0. The van der Waals surface area contributed by atoms with Crippen molar-refractivity contribution in [2.45, 2.75) is 44.2 Å². The molecule has 0 saturated carbocycles. The highest BCUT2D eigenvalue weighted by Crippen LogP contribution is 2.38. The van der Waals surface area contributed by atoms with E-state index in [1.165, 1.54) is 0 Å². The minimum atomic E-state index is -1.15. The van der Waals surface area contributed by atoms with Gasteiger partial charge in [0.25, 0.3) is 0 Å². The first kappa shape index (κ1) is 22.2. The van der Waals surface area contributed by atoms with Crippen molar-refractivity contribution in [2.24, 2.45) is 0 Å². The molecule has 0 fully saturated rings. The summed E-state index contributed by atoms with van der Waals surface area (Å²) in [5.41, 5.74) is 0.453. The molecule has 0 spiro atoms. The molecule has 0 aliphatic rings. The number of allylic oxidation sites excluding steroid dienone is 2. The van der Waals surface area contributed by atoms with Crippen LogP contribution >= 0.6 is 0 Å². The van der Waals surface area contributed by atoms with Crippen molar-refractivity contribution in [3.63, 3.8) is 0 Å². The molecule has 0 bridgehead atoms. The number of carbonyl (C=O) groups excluding carboxylic acids is 2. The number of ether oxygens (including phenoxy) is 1. The van der Waals surface area contributed by atoms with E-state index in [0.29, 0.717) is 19.3 Å².